The van der Waals surface area contributed by atoms with Crippen LogP contribution < -0.4 is 21.2 Å². The van der Waals surface area contributed by atoms with Crippen molar-refractivity contribution in [3.05, 3.63) is 40.2 Å². The first-order chi connectivity index (χ1) is 13.8. The van der Waals surface area contributed by atoms with Gasteiger partial charge in [-0.25, -0.2) is 4.79 Å². The number of hydrogen-bond donors (Lipinski definition) is 3. The predicted molar refractivity (Wildman–Crippen MR) is 108 cm³/mol. The lowest BCUT2D eigenvalue weighted by atomic mass is 10.1. The number of benzene rings is 1. The summed E-state index contributed by atoms with van der Waals surface area (Å²) in [5.41, 5.74) is 0.477. The van der Waals surface area contributed by atoms with Crippen LogP contribution in [-0.4, -0.2) is 49.1 Å². The Kier molecular flexibility index (Phi) is 7.76. The largest absolute Gasteiger partial charge is 0.481 e. The van der Waals surface area contributed by atoms with Crippen LogP contribution in [0.25, 0.3) is 11.0 Å². The molecular weight excluding hydrogens is 378 g/mol. The molecule has 0 bridgehead atoms. The number of carboxylic acid groups (broad SMARTS) is 1. The highest BCUT2D eigenvalue weighted by Crippen LogP contribution is 2.21. The molecule has 0 unspecified atom stereocenters. The number of fused-ring (bicyclic) bond motifs is 1. The van der Waals surface area contributed by atoms with Gasteiger partial charge in [-0.3, -0.25) is 14.4 Å². The Balaban J connectivity index is 2.00. The molecular formula is C20H25N3O6. The summed E-state index contributed by atoms with van der Waals surface area (Å²) in [7, 11) is 0. The molecule has 0 saturated carbocycles. The molecule has 0 radical (unpaired) electrons. The first-order valence-electron chi connectivity index (χ1n) is 9.45. The van der Waals surface area contributed by atoms with Crippen LogP contribution >= 0.6 is 0 Å². The second-order valence-electron chi connectivity index (χ2n) is 6.34. The summed E-state index contributed by atoms with van der Waals surface area (Å²) in [6.07, 6.45) is -0.390. The average molecular weight is 403 g/mol. The van der Waals surface area contributed by atoms with Gasteiger partial charge in [0.25, 0.3) is 5.91 Å². The zero-order valence-electron chi connectivity index (χ0n) is 16.5. The van der Waals surface area contributed by atoms with Gasteiger partial charge in [-0.2, -0.15) is 0 Å². The molecule has 9 nitrogen and oxygen atoms in total. The summed E-state index contributed by atoms with van der Waals surface area (Å²) in [6, 6.07) is 6.96. The molecule has 0 fully saturated rings. The van der Waals surface area contributed by atoms with E-state index in [1.54, 1.807) is 12.1 Å². The van der Waals surface area contributed by atoms with E-state index in [1.807, 2.05) is 19.9 Å². The van der Waals surface area contributed by atoms with Crippen molar-refractivity contribution < 1.29 is 23.9 Å². The molecule has 0 aliphatic carbocycles. The zero-order chi connectivity index (χ0) is 21.4. The second kappa shape index (κ2) is 10.3. The molecule has 3 N–H and O–H groups in total. The Morgan fingerprint density at radius 2 is 1.72 bits per heavy atom. The van der Waals surface area contributed by atoms with E-state index in [9.17, 15) is 19.2 Å². The van der Waals surface area contributed by atoms with E-state index in [-0.39, 0.29) is 31.5 Å². The van der Waals surface area contributed by atoms with Crippen LogP contribution in [0.3, 0.4) is 0 Å². The maximum atomic E-state index is 12.3. The third-order valence-electron chi connectivity index (χ3n) is 4.39. The Bertz CT molecular complexity index is 949. The van der Waals surface area contributed by atoms with Crippen LogP contribution in [-0.2, 0) is 9.59 Å². The average Bonchev–Trinajstić information content (AvgIpc) is 2.69. The summed E-state index contributed by atoms with van der Waals surface area (Å²) in [6.45, 7) is 5.92. The molecule has 1 aromatic carbocycles. The van der Waals surface area contributed by atoms with Gasteiger partial charge < -0.3 is 25.1 Å². The van der Waals surface area contributed by atoms with E-state index in [0.717, 1.165) is 18.8 Å². The summed E-state index contributed by atoms with van der Waals surface area (Å²) >= 11 is 0. The molecule has 29 heavy (non-hydrogen) atoms. The predicted octanol–water partition coefficient (Wildman–Crippen LogP) is 1.35. The maximum absolute atomic E-state index is 12.3. The lowest BCUT2D eigenvalue weighted by Gasteiger charge is -2.21. The van der Waals surface area contributed by atoms with E-state index in [2.05, 4.69) is 15.5 Å². The van der Waals surface area contributed by atoms with Crippen molar-refractivity contribution >= 4 is 34.4 Å². The first-order valence-corrected chi connectivity index (χ1v) is 9.45. The van der Waals surface area contributed by atoms with Crippen molar-refractivity contribution in [2.24, 2.45) is 0 Å². The smallest absolute Gasteiger partial charge is 0.349 e. The molecule has 0 aliphatic heterocycles. The van der Waals surface area contributed by atoms with E-state index < -0.39 is 23.4 Å². The summed E-state index contributed by atoms with van der Waals surface area (Å²) < 4.78 is 5.32. The van der Waals surface area contributed by atoms with Crippen LogP contribution in [0.1, 0.15) is 37.0 Å². The number of nitrogens with zero attached hydrogens (tertiary/aromatic N) is 1. The standard InChI is InChI=1S/C20H25N3O6/c1-3-23(4-2)14-6-5-13-11-15(20(28)29-16(13)12-14)19(27)22-10-9-21-17(24)7-8-18(25)26/h5-6,11-12H,3-4,7-10H2,1-2H3,(H,21,24)(H,22,27)(H,25,26). The molecule has 1 heterocycles. The highest BCUT2D eigenvalue weighted by atomic mass is 16.4. The monoisotopic (exact) mass is 403 g/mol. The van der Waals surface area contributed by atoms with Crippen LogP contribution in [0.2, 0.25) is 0 Å². The maximum Gasteiger partial charge on any atom is 0.349 e. The van der Waals surface area contributed by atoms with Crippen molar-refractivity contribution in [3.8, 4) is 0 Å². The number of carbonyl (C=O) groups is 3. The summed E-state index contributed by atoms with van der Waals surface area (Å²) in [4.78, 5) is 48.4. The van der Waals surface area contributed by atoms with Gasteiger partial charge in [-0.15, -0.1) is 0 Å². The van der Waals surface area contributed by atoms with Crippen LogP contribution in [0.4, 0.5) is 5.69 Å². The minimum absolute atomic E-state index is 0.0933. The number of anilines is 1. The number of amides is 2. The zero-order valence-corrected chi connectivity index (χ0v) is 16.5. The van der Waals surface area contributed by atoms with E-state index >= 15 is 0 Å². The van der Waals surface area contributed by atoms with Gasteiger partial charge in [0.1, 0.15) is 11.1 Å². The molecule has 2 amide bonds. The van der Waals surface area contributed by atoms with Gasteiger partial charge >= 0.3 is 11.6 Å². The number of carboxylic acids is 1. The quantitative estimate of drug-likeness (QED) is 0.403. The highest BCUT2D eigenvalue weighted by molar-refractivity contribution is 5.97. The number of rotatable bonds is 10. The normalized spacial score (nSPS) is 10.6. The Labute approximate surface area is 167 Å². The minimum atomic E-state index is -1.05. The van der Waals surface area contributed by atoms with Gasteiger partial charge in [0, 0.05) is 49.7 Å². The van der Waals surface area contributed by atoms with Gasteiger partial charge in [0.2, 0.25) is 5.91 Å². The molecule has 0 saturated heterocycles. The van der Waals surface area contributed by atoms with Crippen LogP contribution in [0, 0.1) is 0 Å². The van der Waals surface area contributed by atoms with Gasteiger partial charge in [-0.05, 0) is 32.0 Å². The third kappa shape index (κ3) is 6.06. The molecule has 9 heteroatoms. The number of nitrogens with one attached hydrogen (secondary N) is 2. The van der Waals surface area contributed by atoms with Crippen molar-refractivity contribution in [3.63, 3.8) is 0 Å². The van der Waals surface area contributed by atoms with Gasteiger partial charge in [-0.1, -0.05) is 0 Å². The third-order valence-corrected chi connectivity index (χ3v) is 4.39. The summed E-state index contributed by atoms with van der Waals surface area (Å²) in [5, 5.41) is 14.2. The fourth-order valence-corrected chi connectivity index (χ4v) is 2.83. The van der Waals surface area contributed by atoms with Crippen molar-refractivity contribution in [1.82, 2.24) is 10.6 Å². The Hall–Kier alpha value is -3.36. The van der Waals surface area contributed by atoms with Crippen LogP contribution in [0.15, 0.2) is 33.5 Å². The molecule has 156 valence electrons. The van der Waals surface area contributed by atoms with Crippen molar-refractivity contribution in [1.29, 1.82) is 0 Å². The Morgan fingerprint density at radius 3 is 2.38 bits per heavy atom. The lowest BCUT2D eigenvalue weighted by molar-refractivity contribution is -0.138. The molecule has 0 spiro atoms. The number of hydrogen-bond acceptors (Lipinski definition) is 6. The fraction of sp³-hybridized carbons (Fsp3) is 0.400. The first kappa shape index (κ1) is 21.9. The van der Waals surface area contributed by atoms with Gasteiger partial charge in [0.15, 0.2) is 0 Å². The Morgan fingerprint density at radius 1 is 1.03 bits per heavy atom. The number of carbonyl (C=O) groups excluding carboxylic acids is 2. The fourth-order valence-electron chi connectivity index (χ4n) is 2.83. The van der Waals surface area contributed by atoms with Crippen molar-refractivity contribution in [2.75, 3.05) is 31.1 Å². The molecule has 0 atom stereocenters. The van der Waals surface area contributed by atoms with E-state index in [1.165, 1.54) is 6.07 Å². The molecule has 0 aliphatic rings. The van der Waals surface area contributed by atoms with E-state index in [0.29, 0.717) is 11.0 Å². The minimum Gasteiger partial charge on any atom is -0.481 e. The van der Waals surface area contributed by atoms with E-state index in [4.69, 9.17) is 9.52 Å². The molecule has 1 aromatic heterocycles. The molecule has 2 aromatic rings. The second-order valence-corrected chi connectivity index (χ2v) is 6.34. The highest BCUT2D eigenvalue weighted by Gasteiger charge is 2.14. The molecule has 2 rings (SSSR count). The van der Waals surface area contributed by atoms with Crippen LogP contribution in [0.5, 0.6) is 0 Å². The SMILES string of the molecule is CCN(CC)c1ccc2cc(C(=O)NCCNC(=O)CCC(=O)O)c(=O)oc2c1. The number of aliphatic carboxylic acids is 1. The van der Waals surface area contributed by atoms with Crippen molar-refractivity contribution in [2.45, 2.75) is 26.7 Å². The van der Waals surface area contributed by atoms with Gasteiger partial charge in [0.05, 0.1) is 6.42 Å². The summed E-state index contributed by atoms with van der Waals surface area (Å²) in [5.74, 6) is -2.08. The topological polar surface area (TPSA) is 129 Å². The lowest BCUT2D eigenvalue weighted by Crippen LogP contribution is -2.36.